The van der Waals surface area contributed by atoms with Gasteiger partial charge in [-0.15, -0.1) is 0 Å². The van der Waals surface area contributed by atoms with Gasteiger partial charge in [0.05, 0.1) is 11.8 Å². The van der Waals surface area contributed by atoms with E-state index in [9.17, 15) is 5.21 Å². The summed E-state index contributed by atoms with van der Waals surface area (Å²) in [7, 11) is 0. The van der Waals surface area contributed by atoms with Crippen molar-refractivity contribution in [1.82, 2.24) is 9.88 Å². The molecular weight excluding hydrogens is 238 g/mol. The molecule has 0 saturated heterocycles. The van der Waals surface area contributed by atoms with Crippen molar-refractivity contribution < 1.29 is 5.21 Å². The van der Waals surface area contributed by atoms with Crippen LogP contribution in [0, 0.1) is 11.8 Å². The molecule has 1 aromatic rings. The van der Waals surface area contributed by atoms with E-state index < -0.39 is 0 Å². The van der Waals surface area contributed by atoms with E-state index in [-0.39, 0.29) is 0 Å². The summed E-state index contributed by atoms with van der Waals surface area (Å²) < 4.78 is 0. The van der Waals surface area contributed by atoms with Gasteiger partial charge >= 0.3 is 0 Å². The van der Waals surface area contributed by atoms with Crippen molar-refractivity contribution in [2.75, 3.05) is 6.54 Å². The Bertz CT molecular complexity index is 460. The third-order valence-corrected chi connectivity index (χ3v) is 4.69. The molecule has 0 aliphatic heterocycles. The maximum atomic E-state index is 9.32. The zero-order chi connectivity index (χ0) is 13.2. The Hall–Kier alpha value is -1.42. The van der Waals surface area contributed by atoms with Crippen LogP contribution in [0.5, 0.6) is 0 Å². The van der Waals surface area contributed by atoms with Gasteiger partial charge in [-0.1, -0.05) is 12.1 Å². The first kappa shape index (κ1) is 12.6. The zero-order valence-electron chi connectivity index (χ0n) is 11.4. The molecule has 2 fully saturated rings. The second-order valence-corrected chi connectivity index (χ2v) is 5.66. The molecule has 0 amide bonds. The molecule has 2 aliphatic carbocycles. The largest absolute Gasteiger partial charge is 0.411 e. The Labute approximate surface area is 114 Å². The van der Waals surface area contributed by atoms with Gasteiger partial charge in [0, 0.05) is 24.9 Å². The van der Waals surface area contributed by atoms with Crippen LogP contribution < -0.4 is 0 Å². The molecule has 4 nitrogen and oxygen atoms in total. The van der Waals surface area contributed by atoms with Crippen LogP contribution in [0.25, 0.3) is 0 Å². The standard InChI is InChI=1S/C15H21N3O/c1-2-18(10-11-5-7-16-8-6-11)15-13-4-3-12(9-13)14(15)17-19/h5-8,12-13,15,19H,2-4,9-10H2,1H3. The smallest absolute Gasteiger partial charge is 0.0775 e. The predicted octanol–water partition coefficient (Wildman–Crippen LogP) is 2.53. The number of fused-ring (bicyclic) bond motifs is 2. The number of pyridine rings is 1. The summed E-state index contributed by atoms with van der Waals surface area (Å²) in [6.07, 6.45) is 7.36. The summed E-state index contributed by atoms with van der Waals surface area (Å²) in [6.45, 7) is 4.07. The van der Waals surface area contributed by atoms with Crippen molar-refractivity contribution in [2.24, 2.45) is 17.0 Å². The summed E-state index contributed by atoms with van der Waals surface area (Å²) in [6, 6.07) is 4.46. The second kappa shape index (κ2) is 5.29. The quantitative estimate of drug-likeness (QED) is 0.667. The summed E-state index contributed by atoms with van der Waals surface area (Å²) in [4.78, 5) is 6.50. The molecule has 2 bridgehead atoms. The van der Waals surface area contributed by atoms with Gasteiger partial charge in [-0.25, -0.2) is 0 Å². The summed E-state index contributed by atoms with van der Waals surface area (Å²) in [5.74, 6) is 1.20. The van der Waals surface area contributed by atoms with Crippen LogP contribution in [0.2, 0.25) is 0 Å². The number of nitrogens with zero attached hydrogens (tertiary/aromatic N) is 3. The number of aromatic nitrogens is 1. The zero-order valence-corrected chi connectivity index (χ0v) is 11.4. The van der Waals surface area contributed by atoms with Gasteiger partial charge in [0.2, 0.25) is 0 Å². The van der Waals surface area contributed by atoms with Gasteiger partial charge in [-0.3, -0.25) is 9.88 Å². The van der Waals surface area contributed by atoms with E-state index in [4.69, 9.17) is 0 Å². The molecule has 0 spiro atoms. The molecule has 3 rings (SSSR count). The number of hydrogen-bond donors (Lipinski definition) is 1. The number of oxime groups is 1. The van der Waals surface area contributed by atoms with E-state index in [0.717, 1.165) is 18.8 Å². The maximum Gasteiger partial charge on any atom is 0.0775 e. The van der Waals surface area contributed by atoms with Gasteiger partial charge in [0.1, 0.15) is 0 Å². The third kappa shape index (κ3) is 2.25. The minimum absolute atomic E-state index is 0.335. The third-order valence-electron chi connectivity index (χ3n) is 4.69. The van der Waals surface area contributed by atoms with Gasteiger partial charge in [0.25, 0.3) is 0 Å². The van der Waals surface area contributed by atoms with Gasteiger partial charge in [0.15, 0.2) is 0 Å². The molecule has 19 heavy (non-hydrogen) atoms. The van der Waals surface area contributed by atoms with Crippen molar-refractivity contribution >= 4 is 5.71 Å². The number of rotatable bonds is 4. The minimum atomic E-state index is 0.335. The average Bonchev–Trinajstić information content (AvgIpc) is 3.06. The van der Waals surface area contributed by atoms with Crippen LogP contribution in [0.1, 0.15) is 31.7 Å². The SMILES string of the molecule is CCN(Cc1ccncc1)C1C(=NO)C2CCC1C2. The fraction of sp³-hybridized carbons (Fsp3) is 0.600. The molecule has 2 aliphatic rings. The van der Waals surface area contributed by atoms with Crippen LogP contribution >= 0.6 is 0 Å². The Morgan fingerprint density at radius 3 is 2.84 bits per heavy atom. The van der Waals surface area contributed by atoms with Crippen molar-refractivity contribution in [3.8, 4) is 0 Å². The minimum Gasteiger partial charge on any atom is -0.411 e. The van der Waals surface area contributed by atoms with Crippen LogP contribution in [-0.4, -0.2) is 33.4 Å². The van der Waals surface area contributed by atoms with E-state index in [0.29, 0.717) is 17.9 Å². The normalized spacial score (nSPS) is 31.5. The molecule has 1 aromatic heterocycles. The molecule has 4 heteroatoms. The van der Waals surface area contributed by atoms with Gasteiger partial charge in [-0.05, 0) is 49.4 Å². The molecule has 1 heterocycles. The van der Waals surface area contributed by atoms with E-state index in [1.807, 2.05) is 12.4 Å². The fourth-order valence-electron chi connectivity index (χ4n) is 3.81. The Morgan fingerprint density at radius 1 is 1.37 bits per heavy atom. The Kier molecular flexibility index (Phi) is 3.51. The van der Waals surface area contributed by atoms with Crippen molar-refractivity contribution in [3.05, 3.63) is 30.1 Å². The van der Waals surface area contributed by atoms with E-state index in [1.165, 1.54) is 24.8 Å². The fourth-order valence-corrected chi connectivity index (χ4v) is 3.81. The molecule has 0 aromatic carbocycles. The first-order chi connectivity index (χ1) is 9.33. The monoisotopic (exact) mass is 259 g/mol. The van der Waals surface area contributed by atoms with E-state index in [2.05, 4.69) is 34.1 Å². The number of hydrogen-bond acceptors (Lipinski definition) is 4. The molecule has 1 N–H and O–H groups in total. The van der Waals surface area contributed by atoms with Gasteiger partial charge < -0.3 is 5.21 Å². The summed E-state index contributed by atoms with van der Waals surface area (Å²) >= 11 is 0. The molecular formula is C15H21N3O. The summed E-state index contributed by atoms with van der Waals surface area (Å²) in [5.41, 5.74) is 2.30. The summed E-state index contributed by atoms with van der Waals surface area (Å²) in [5, 5.41) is 12.9. The topological polar surface area (TPSA) is 48.7 Å². The Morgan fingerprint density at radius 2 is 2.16 bits per heavy atom. The highest BCUT2D eigenvalue weighted by Crippen LogP contribution is 2.45. The van der Waals surface area contributed by atoms with Crippen LogP contribution in [0.4, 0.5) is 0 Å². The van der Waals surface area contributed by atoms with E-state index >= 15 is 0 Å². The van der Waals surface area contributed by atoms with Crippen molar-refractivity contribution in [2.45, 2.75) is 38.8 Å². The highest BCUT2D eigenvalue weighted by atomic mass is 16.4. The molecule has 3 atom stereocenters. The lowest BCUT2D eigenvalue weighted by molar-refractivity contribution is 0.192. The lowest BCUT2D eigenvalue weighted by Gasteiger charge is -2.34. The molecule has 0 radical (unpaired) electrons. The molecule has 2 saturated carbocycles. The lowest BCUT2D eigenvalue weighted by atomic mass is 9.91. The highest BCUT2D eigenvalue weighted by molar-refractivity contribution is 5.94. The Balaban J connectivity index is 1.79. The first-order valence-corrected chi connectivity index (χ1v) is 7.18. The molecule has 102 valence electrons. The molecule has 3 unspecified atom stereocenters. The van der Waals surface area contributed by atoms with Crippen molar-refractivity contribution in [1.29, 1.82) is 0 Å². The van der Waals surface area contributed by atoms with Crippen LogP contribution in [0.3, 0.4) is 0 Å². The van der Waals surface area contributed by atoms with Crippen LogP contribution in [0.15, 0.2) is 29.7 Å². The highest BCUT2D eigenvalue weighted by Gasteiger charge is 2.47. The van der Waals surface area contributed by atoms with E-state index in [1.54, 1.807) is 0 Å². The predicted molar refractivity (Wildman–Crippen MR) is 74.2 cm³/mol. The average molecular weight is 259 g/mol. The van der Waals surface area contributed by atoms with Crippen LogP contribution in [-0.2, 0) is 6.54 Å². The maximum absolute atomic E-state index is 9.32. The lowest BCUT2D eigenvalue weighted by Crippen LogP contribution is -2.44. The van der Waals surface area contributed by atoms with Gasteiger partial charge in [-0.2, -0.15) is 0 Å². The first-order valence-electron chi connectivity index (χ1n) is 7.18. The second-order valence-electron chi connectivity index (χ2n) is 5.66. The van der Waals surface area contributed by atoms with Crippen molar-refractivity contribution in [3.63, 3.8) is 0 Å².